The zero-order valence-corrected chi connectivity index (χ0v) is 11.3. The maximum absolute atomic E-state index is 13.1. The van der Waals surface area contributed by atoms with Crippen LogP contribution in [0.25, 0.3) is 0 Å². The Kier molecular flexibility index (Phi) is 3.85. The van der Waals surface area contributed by atoms with Crippen LogP contribution in [0.3, 0.4) is 0 Å². The largest absolute Gasteiger partial charge is 0.456 e. The van der Waals surface area contributed by atoms with Crippen molar-refractivity contribution in [3.8, 4) is 17.6 Å². The Hall–Kier alpha value is -1.57. The lowest BCUT2D eigenvalue weighted by molar-refractivity contribution is 0.480. The zero-order chi connectivity index (χ0) is 13.1. The van der Waals surface area contributed by atoms with Crippen molar-refractivity contribution >= 4 is 27.5 Å². The predicted octanol–water partition coefficient (Wildman–Crippen LogP) is 4.91. The molecule has 0 N–H and O–H groups in total. The number of hydrogen-bond donors (Lipinski definition) is 0. The Labute approximate surface area is 117 Å². The maximum Gasteiger partial charge on any atom is 0.146 e. The van der Waals surface area contributed by atoms with E-state index in [1.807, 2.05) is 6.07 Å². The van der Waals surface area contributed by atoms with Crippen LogP contribution in [0.2, 0.25) is 5.02 Å². The van der Waals surface area contributed by atoms with Gasteiger partial charge in [-0.1, -0.05) is 11.6 Å². The molecule has 0 aliphatic heterocycles. The first-order valence-corrected chi connectivity index (χ1v) is 6.10. The second-order valence-corrected chi connectivity index (χ2v) is 4.70. The Morgan fingerprint density at radius 1 is 1.22 bits per heavy atom. The molecule has 0 radical (unpaired) electrons. The van der Waals surface area contributed by atoms with Crippen LogP contribution < -0.4 is 4.74 Å². The number of nitriles is 1. The van der Waals surface area contributed by atoms with E-state index in [1.54, 1.807) is 12.1 Å². The molecule has 0 amide bonds. The fourth-order valence-electron chi connectivity index (χ4n) is 1.32. The Balaban J connectivity index is 2.29. The second-order valence-electron chi connectivity index (χ2n) is 3.43. The van der Waals surface area contributed by atoms with Crippen LogP contribution in [0.4, 0.5) is 4.39 Å². The summed E-state index contributed by atoms with van der Waals surface area (Å²) in [5.41, 5.74) is 0.452. The summed E-state index contributed by atoms with van der Waals surface area (Å²) < 4.78 is 18.9. The summed E-state index contributed by atoms with van der Waals surface area (Å²) in [6.07, 6.45) is 0. The fraction of sp³-hybridized carbons (Fsp3) is 0. The van der Waals surface area contributed by atoms with E-state index in [1.165, 1.54) is 24.3 Å². The van der Waals surface area contributed by atoms with Crippen molar-refractivity contribution in [2.75, 3.05) is 0 Å². The Bertz CT molecular complexity index is 639. The van der Waals surface area contributed by atoms with Crippen molar-refractivity contribution in [1.29, 1.82) is 5.26 Å². The number of nitrogens with zero attached hydrogens (tertiary/aromatic N) is 1. The molecule has 0 saturated carbocycles. The van der Waals surface area contributed by atoms with Gasteiger partial charge in [0, 0.05) is 0 Å². The molecule has 90 valence electrons. The highest BCUT2D eigenvalue weighted by molar-refractivity contribution is 9.10. The topological polar surface area (TPSA) is 33.0 Å². The van der Waals surface area contributed by atoms with Gasteiger partial charge in [-0.25, -0.2) is 4.39 Å². The molecule has 5 heteroatoms. The Morgan fingerprint density at radius 2 is 2.00 bits per heavy atom. The van der Waals surface area contributed by atoms with Crippen LogP contribution in [-0.4, -0.2) is 0 Å². The van der Waals surface area contributed by atoms with Crippen LogP contribution in [0.1, 0.15) is 5.56 Å². The summed E-state index contributed by atoms with van der Waals surface area (Å²) in [4.78, 5) is 0. The number of benzene rings is 2. The standard InChI is InChI=1S/C13H6BrClFNO/c14-10-6-9(2-3-12(10)16)18-13-4-1-8(7-17)5-11(13)15/h1-6H. The molecular weight excluding hydrogens is 321 g/mol. The van der Waals surface area contributed by atoms with Gasteiger partial charge in [0.25, 0.3) is 0 Å². The van der Waals surface area contributed by atoms with Crippen LogP contribution in [0.5, 0.6) is 11.5 Å². The minimum atomic E-state index is -0.367. The molecule has 0 unspecified atom stereocenters. The molecule has 2 aromatic carbocycles. The smallest absolute Gasteiger partial charge is 0.146 e. The van der Waals surface area contributed by atoms with Crippen molar-refractivity contribution in [3.05, 3.63) is 57.3 Å². The van der Waals surface area contributed by atoms with Gasteiger partial charge in [-0.15, -0.1) is 0 Å². The number of rotatable bonds is 2. The average Bonchev–Trinajstić information content (AvgIpc) is 2.36. The highest BCUT2D eigenvalue weighted by atomic mass is 79.9. The third-order valence-electron chi connectivity index (χ3n) is 2.18. The molecule has 0 atom stereocenters. The van der Waals surface area contributed by atoms with Gasteiger partial charge in [-0.2, -0.15) is 5.26 Å². The molecule has 18 heavy (non-hydrogen) atoms. The molecule has 0 fully saturated rings. The van der Waals surface area contributed by atoms with Crippen LogP contribution in [0.15, 0.2) is 40.9 Å². The quantitative estimate of drug-likeness (QED) is 0.786. The highest BCUT2D eigenvalue weighted by Crippen LogP contribution is 2.31. The summed E-state index contributed by atoms with van der Waals surface area (Å²) in [5, 5.41) is 9.04. The van der Waals surface area contributed by atoms with E-state index in [0.29, 0.717) is 26.6 Å². The van der Waals surface area contributed by atoms with E-state index < -0.39 is 0 Å². The molecule has 0 spiro atoms. The fourth-order valence-corrected chi connectivity index (χ4v) is 1.90. The van der Waals surface area contributed by atoms with Crippen molar-refractivity contribution in [3.63, 3.8) is 0 Å². The first-order chi connectivity index (χ1) is 8.60. The molecular formula is C13H6BrClFNO. The predicted molar refractivity (Wildman–Crippen MR) is 70.3 cm³/mol. The van der Waals surface area contributed by atoms with Crippen molar-refractivity contribution in [1.82, 2.24) is 0 Å². The Morgan fingerprint density at radius 3 is 2.61 bits per heavy atom. The third-order valence-corrected chi connectivity index (χ3v) is 3.08. The first kappa shape index (κ1) is 12.9. The molecule has 2 nitrogen and oxygen atoms in total. The third kappa shape index (κ3) is 2.81. The van der Waals surface area contributed by atoms with Gasteiger partial charge in [-0.05, 0) is 52.3 Å². The summed E-state index contributed by atoms with van der Waals surface area (Å²) in [5.74, 6) is 0.498. The number of hydrogen-bond acceptors (Lipinski definition) is 2. The van der Waals surface area contributed by atoms with Crippen molar-refractivity contribution in [2.24, 2.45) is 0 Å². The lowest BCUT2D eigenvalue weighted by atomic mass is 10.2. The van der Waals surface area contributed by atoms with Crippen LogP contribution in [-0.2, 0) is 0 Å². The van der Waals surface area contributed by atoms with E-state index in [4.69, 9.17) is 21.6 Å². The van der Waals surface area contributed by atoms with Crippen LogP contribution >= 0.6 is 27.5 Å². The van der Waals surface area contributed by atoms with Gasteiger partial charge in [0.15, 0.2) is 0 Å². The summed E-state index contributed by atoms with van der Waals surface area (Å²) in [6.45, 7) is 0. The maximum atomic E-state index is 13.1. The lowest BCUT2D eigenvalue weighted by Crippen LogP contribution is -1.87. The SMILES string of the molecule is N#Cc1ccc(Oc2ccc(F)c(Br)c2)c(Cl)c1. The molecule has 2 rings (SSSR count). The molecule has 2 aromatic rings. The van der Waals surface area contributed by atoms with Gasteiger partial charge >= 0.3 is 0 Å². The van der Waals surface area contributed by atoms with Gasteiger partial charge < -0.3 is 4.74 Å². The summed E-state index contributed by atoms with van der Waals surface area (Å²) in [6, 6.07) is 11.0. The van der Waals surface area contributed by atoms with E-state index >= 15 is 0 Å². The van der Waals surface area contributed by atoms with Gasteiger partial charge in [0.1, 0.15) is 17.3 Å². The minimum Gasteiger partial charge on any atom is -0.456 e. The molecule has 0 bridgehead atoms. The van der Waals surface area contributed by atoms with Crippen molar-refractivity contribution in [2.45, 2.75) is 0 Å². The molecule has 0 aliphatic rings. The molecule has 0 aliphatic carbocycles. The van der Waals surface area contributed by atoms with Gasteiger partial charge in [-0.3, -0.25) is 0 Å². The normalized spacial score (nSPS) is 9.89. The zero-order valence-electron chi connectivity index (χ0n) is 8.95. The van der Waals surface area contributed by atoms with E-state index in [-0.39, 0.29) is 5.82 Å². The average molecular weight is 327 g/mol. The molecule has 0 saturated heterocycles. The van der Waals surface area contributed by atoms with Crippen molar-refractivity contribution < 1.29 is 9.13 Å². The minimum absolute atomic E-state index is 0.310. The first-order valence-electron chi connectivity index (χ1n) is 4.92. The number of ether oxygens (including phenoxy) is 1. The molecule has 0 heterocycles. The summed E-state index contributed by atoms with van der Waals surface area (Å²) >= 11 is 9.04. The number of halogens is 3. The van der Waals surface area contributed by atoms with E-state index in [0.717, 1.165) is 0 Å². The lowest BCUT2D eigenvalue weighted by Gasteiger charge is -2.08. The van der Waals surface area contributed by atoms with E-state index in [9.17, 15) is 4.39 Å². The monoisotopic (exact) mass is 325 g/mol. The van der Waals surface area contributed by atoms with Gasteiger partial charge in [0.05, 0.1) is 21.1 Å². The van der Waals surface area contributed by atoms with Crippen LogP contribution in [0, 0.1) is 17.1 Å². The van der Waals surface area contributed by atoms with Gasteiger partial charge in [0.2, 0.25) is 0 Å². The summed E-state index contributed by atoms with van der Waals surface area (Å²) in [7, 11) is 0. The molecule has 0 aromatic heterocycles. The second kappa shape index (κ2) is 5.38. The van der Waals surface area contributed by atoms with E-state index in [2.05, 4.69) is 15.9 Å². The highest BCUT2D eigenvalue weighted by Gasteiger charge is 2.06.